The van der Waals surface area contributed by atoms with Gasteiger partial charge >= 0.3 is 0 Å². The van der Waals surface area contributed by atoms with E-state index in [0.717, 1.165) is 16.7 Å². The van der Waals surface area contributed by atoms with Gasteiger partial charge in [0.15, 0.2) is 5.76 Å². The smallest absolute Gasteiger partial charge is 0.212 e. The van der Waals surface area contributed by atoms with Crippen molar-refractivity contribution in [3.63, 3.8) is 0 Å². The van der Waals surface area contributed by atoms with Crippen LogP contribution in [-0.4, -0.2) is 10.9 Å². The Morgan fingerprint density at radius 2 is 1.55 bits per heavy atom. The first kappa shape index (κ1) is 12.7. The van der Waals surface area contributed by atoms with E-state index in [0.29, 0.717) is 5.57 Å². The number of carbonyl (C=O) groups excluding carboxylic acids is 1. The van der Waals surface area contributed by atoms with Gasteiger partial charge in [-0.15, -0.1) is 0 Å². The number of ketones is 1. The van der Waals surface area contributed by atoms with Crippen LogP contribution in [0.3, 0.4) is 0 Å². The first-order valence-electron chi connectivity index (χ1n) is 6.67. The maximum Gasteiger partial charge on any atom is 0.212 e. The highest BCUT2D eigenvalue weighted by Gasteiger charge is 2.44. The zero-order valence-electron chi connectivity index (χ0n) is 11.6. The van der Waals surface area contributed by atoms with Crippen molar-refractivity contribution >= 4 is 11.4 Å². The number of fused-ring (bicyclic) bond motifs is 1. The molecule has 2 nitrogen and oxygen atoms in total. The maximum absolute atomic E-state index is 12.7. The minimum Gasteiger partial charge on any atom is -0.504 e. The van der Waals surface area contributed by atoms with E-state index < -0.39 is 5.41 Å². The van der Waals surface area contributed by atoms with Crippen LogP contribution in [0, 0.1) is 0 Å². The van der Waals surface area contributed by atoms with Gasteiger partial charge < -0.3 is 5.11 Å². The molecule has 0 heterocycles. The normalized spacial score (nSPS) is 21.8. The van der Waals surface area contributed by atoms with Gasteiger partial charge in [0, 0.05) is 5.57 Å². The van der Waals surface area contributed by atoms with E-state index in [-0.39, 0.29) is 11.5 Å². The number of Topliss-reactive ketones (excluding diaryl/α,β-unsaturated/α-hetero) is 1. The molecule has 0 aliphatic heterocycles. The molecule has 0 saturated carbocycles. The monoisotopic (exact) mass is 264 g/mol. The van der Waals surface area contributed by atoms with Crippen LogP contribution in [0.25, 0.3) is 5.57 Å². The molecule has 2 aromatic rings. The Morgan fingerprint density at radius 1 is 0.950 bits per heavy atom. The maximum atomic E-state index is 12.7. The number of aliphatic hydroxyl groups is 1. The van der Waals surface area contributed by atoms with Crippen molar-refractivity contribution in [3.05, 3.63) is 77.0 Å². The highest BCUT2D eigenvalue weighted by atomic mass is 16.3. The van der Waals surface area contributed by atoms with Gasteiger partial charge in [0.25, 0.3) is 0 Å². The lowest BCUT2D eigenvalue weighted by Gasteiger charge is -2.35. The molecule has 100 valence electrons. The molecule has 20 heavy (non-hydrogen) atoms. The molecule has 0 bridgehead atoms. The SMILES string of the molecule is CC1=C(O)C(=O)C(C)(c2ccccc2)c2ccccc21. The van der Waals surface area contributed by atoms with Crippen LogP contribution in [0.4, 0.5) is 0 Å². The standard InChI is InChI=1S/C18H16O2/c1-12-14-10-6-7-11-15(14)18(2,17(20)16(12)19)13-8-4-3-5-9-13/h3-11,19H,1-2H3. The molecule has 1 N–H and O–H groups in total. The van der Waals surface area contributed by atoms with Crippen molar-refractivity contribution in [1.82, 2.24) is 0 Å². The number of rotatable bonds is 1. The summed E-state index contributed by atoms with van der Waals surface area (Å²) in [5, 5.41) is 10.2. The molecule has 0 radical (unpaired) electrons. The van der Waals surface area contributed by atoms with Gasteiger partial charge in [-0.1, -0.05) is 54.6 Å². The van der Waals surface area contributed by atoms with Crippen LogP contribution in [0.5, 0.6) is 0 Å². The molecule has 1 aliphatic rings. The average Bonchev–Trinajstić information content (AvgIpc) is 2.51. The minimum absolute atomic E-state index is 0.130. The number of aliphatic hydroxyl groups excluding tert-OH is 1. The summed E-state index contributed by atoms with van der Waals surface area (Å²) in [5.41, 5.74) is 2.61. The van der Waals surface area contributed by atoms with E-state index in [9.17, 15) is 9.90 Å². The lowest BCUT2D eigenvalue weighted by Crippen LogP contribution is -2.38. The summed E-state index contributed by atoms with van der Waals surface area (Å²) in [7, 11) is 0. The molecule has 1 unspecified atom stereocenters. The van der Waals surface area contributed by atoms with Gasteiger partial charge in [0.1, 0.15) is 0 Å². The van der Waals surface area contributed by atoms with Gasteiger partial charge in [-0.2, -0.15) is 0 Å². The summed E-state index contributed by atoms with van der Waals surface area (Å²) in [6.45, 7) is 3.67. The van der Waals surface area contributed by atoms with Crippen molar-refractivity contribution in [3.8, 4) is 0 Å². The molecule has 0 amide bonds. The van der Waals surface area contributed by atoms with Crippen LogP contribution in [0.1, 0.15) is 30.5 Å². The molecular weight excluding hydrogens is 248 g/mol. The Morgan fingerprint density at radius 3 is 2.25 bits per heavy atom. The Bertz CT molecular complexity index is 713. The largest absolute Gasteiger partial charge is 0.504 e. The van der Waals surface area contributed by atoms with Crippen molar-refractivity contribution < 1.29 is 9.90 Å². The Balaban J connectivity index is 2.35. The van der Waals surface area contributed by atoms with Crippen molar-refractivity contribution in [2.24, 2.45) is 0 Å². The third-order valence-corrected chi connectivity index (χ3v) is 4.25. The third-order valence-electron chi connectivity index (χ3n) is 4.25. The fraction of sp³-hybridized carbons (Fsp3) is 0.167. The second kappa shape index (κ2) is 4.34. The summed E-state index contributed by atoms with van der Waals surface area (Å²) >= 11 is 0. The summed E-state index contributed by atoms with van der Waals surface area (Å²) in [5.74, 6) is -0.366. The number of hydrogen-bond donors (Lipinski definition) is 1. The number of benzene rings is 2. The van der Waals surface area contributed by atoms with E-state index in [2.05, 4.69) is 0 Å². The second-order valence-electron chi connectivity index (χ2n) is 5.34. The van der Waals surface area contributed by atoms with Gasteiger partial charge in [0.05, 0.1) is 5.41 Å². The topological polar surface area (TPSA) is 37.3 Å². The summed E-state index contributed by atoms with van der Waals surface area (Å²) in [6, 6.07) is 17.4. The second-order valence-corrected chi connectivity index (χ2v) is 5.34. The number of allylic oxidation sites excluding steroid dienone is 2. The first-order valence-corrected chi connectivity index (χ1v) is 6.67. The Labute approximate surface area is 118 Å². The molecule has 0 fully saturated rings. The van der Waals surface area contributed by atoms with Crippen LogP contribution >= 0.6 is 0 Å². The van der Waals surface area contributed by atoms with E-state index >= 15 is 0 Å². The van der Waals surface area contributed by atoms with E-state index in [1.165, 1.54) is 0 Å². The van der Waals surface area contributed by atoms with Crippen molar-refractivity contribution in [2.75, 3.05) is 0 Å². The minimum atomic E-state index is -0.832. The molecule has 0 aromatic heterocycles. The predicted octanol–water partition coefficient (Wildman–Crippen LogP) is 3.86. The molecule has 3 rings (SSSR count). The fourth-order valence-corrected chi connectivity index (χ4v) is 2.96. The molecule has 0 saturated heterocycles. The molecule has 1 atom stereocenters. The molecule has 2 heteroatoms. The van der Waals surface area contributed by atoms with Gasteiger partial charge in [-0.05, 0) is 30.5 Å². The van der Waals surface area contributed by atoms with Crippen LogP contribution < -0.4 is 0 Å². The van der Waals surface area contributed by atoms with E-state index in [1.807, 2.05) is 61.5 Å². The lowest BCUT2D eigenvalue weighted by atomic mass is 9.66. The summed E-state index contributed by atoms with van der Waals surface area (Å²) in [6.07, 6.45) is 0. The van der Waals surface area contributed by atoms with Gasteiger partial charge in [-0.25, -0.2) is 0 Å². The zero-order chi connectivity index (χ0) is 14.3. The molecule has 0 spiro atoms. The predicted molar refractivity (Wildman–Crippen MR) is 79.6 cm³/mol. The summed E-state index contributed by atoms with van der Waals surface area (Å²) in [4.78, 5) is 12.7. The van der Waals surface area contributed by atoms with Crippen LogP contribution in [0.15, 0.2) is 60.4 Å². The number of carbonyl (C=O) groups is 1. The molecule has 2 aromatic carbocycles. The average molecular weight is 264 g/mol. The Kier molecular flexibility index (Phi) is 2.75. The summed E-state index contributed by atoms with van der Waals surface area (Å²) < 4.78 is 0. The van der Waals surface area contributed by atoms with Gasteiger partial charge in [-0.3, -0.25) is 4.79 Å². The van der Waals surface area contributed by atoms with Crippen molar-refractivity contribution in [1.29, 1.82) is 0 Å². The third kappa shape index (κ3) is 1.54. The zero-order valence-corrected chi connectivity index (χ0v) is 11.6. The van der Waals surface area contributed by atoms with Gasteiger partial charge in [0.2, 0.25) is 5.78 Å². The van der Waals surface area contributed by atoms with Crippen LogP contribution in [-0.2, 0) is 10.2 Å². The quantitative estimate of drug-likeness (QED) is 0.849. The molecular formula is C18H16O2. The van der Waals surface area contributed by atoms with Crippen LogP contribution in [0.2, 0.25) is 0 Å². The van der Waals surface area contributed by atoms with E-state index in [1.54, 1.807) is 6.92 Å². The van der Waals surface area contributed by atoms with E-state index in [4.69, 9.17) is 0 Å². The van der Waals surface area contributed by atoms with Crippen molar-refractivity contribution in [2.45, 2.75) is 19.3 Å². The number of hydrogen-bond acceptors (Lipinski definition) is 2. The highest BCUT2D eigenvalue weighted by Crippen LogP contribution is 2.43. The fourth-order valence-electron chi connectivity index (χ4n) is 2.96. The highest BCUT2D eigenvalue weighted by molar-refractivity contribution is 6.12. The lowest BCUT2D eigenvalue weighted by molar-refractivity contribution is -0.121. The molecule has 1 aliphatic carbocycles. The first-order chi connectivity index (χ1) is 9.56. The Hall–Kier alpha value is -2.35.